The highest BCUT2D eigenvalue weighted by molar-refractivity contribution is 9.10. The van der Waals surface area contributed by atoms with Crippen molar-refractivity contribution in [3.8, 4) is 0 Å². The fourth-order valence-electron chi connectivity index (χ4n) is 2.33. The zero-order chi connectivity index (χ0) is 20.4. The molecule has 8 heteroatoms. The number of pyridine rings is 1. The standard InChI is InChI=1S/C19H26BrN3O4/c1-18(2,3)26-16(24)14(22-17(25)27-19(4,5)6)10-13-11-23-8-7-12(20)9-15(23)21-13/h7-9,11,14H,10H2,1-6H3,(H,22,25)/t14-/m0/s1. The van der Waals surface area contributed by atoms with Crippen LogP contribution < -0.4 is 5.32 Å². The van der Waals surface area contributed by atoms with Gasteiger partial charge in [-0.2, -0.15) is 0 Å². The highest BCUT2D eigenvalue weighted by atomic mass is 79.9. The first-order chi connectivity index (χ1) is 12.3. The third-order valence-electron chi connectivity index (χ3n) is 3.27. The second-order valence-electron chi connectivity index (χ2n) is 8.28. The number of hydrogen-bond donors (Lipinski definition) is 1. The van der Waals surface area contributed by atoms with E-state index in [9.17, 15) is 9.59 Å². The molecule has 2 rings (SSSR count). The Morgan fingerprint density at radius 1 is 1.19 bits per heavy atom. The molecule has 0 fully saturated rings. The molecule has 1 amide bonds. The van der Waals surface area contributed by atoms with Gasteiger partial charge in [-0.25, -0.2) is 14.6 Å². The van der Waals surface area contributed by atoms with Crippen LogP contribution in [-0.2, 0) is 20.7 Å². The number of esters is 1. The minimum Gasteiger partial charge on any atom is -0.458 e. The summed E-state index contributed by atoms with van der Waals surface area (Å²) in [6.45, 7) is 10.6. The predicted octanol–water partition coefficient (Wildman–Crippen LogP) is 3.87. The Morgan fingerprint density at radius 2 is 1.81 bits per heavy atom. The molecule has 1 atom stereocenters. The summed E-state index contributed by atoms with van der Waals surface area (Å²) >= 11 is 3.41. The number of alkyl carbamates (subject to hydrolysis) is 1. The summed E-state index contributed by atoms with van der Waals surface area (Å²) in [5, 5.41) is 2.61. The number of nitrogens with one attached hydrogen (secondary N) is 1. The molecular weight excluding hydrogens is 414 g/mol. The first-order valence-electron chi connectivity index (χ1n) is 8.68. The van der Waals surface area contributed by atoms with Gasteiger partial charge in [0.2, 0.25) is 0 Å². The van der Waals surface area contributed by atoms with Crippen molar-refractivity contribution in [1.82, 2.24) is 14.7 Å². The van der Waals surface area contributed by atoms with Gasteiger partial charge in [-0.3, -0.25) is 0 Å². The fraction of sp³-hybridized carbons (Fsp3) is 0.526. The number of fused-ring (bicyclic) bond motifs is 1. The molecule has 0 radical (unpaired) electrons. The summed E-state index contributed by atoms with van der Waals surface area (Å²) in [5.74, 6) is -0.536. The molecule has 148 valence electrons. The molecule has 2 heterocycles. The average molecular weight is 440 g/mol. The molecule has 2 aromatic heterocycles. The minimum absolute atomic E-state index is 0.188. The van der Waals surface area contributed by atoms with Gasteiger partial charge < -0.3 is 19.2 Å². The zero-order valence-electron chi connectivity index (χ0n) is 16.5. The molecule has 0 saturated heterocycles. The smallest absolute Gasteiger partial charge is 0.408 e. The largest absolute Gasteiger partial charge is 0.458 e. The van der Waals surface area contributed by atoms with E-state index in [1.165, 1.54) is 0 Å². The van der Waals surface area contributed by atoms with Crippen molar-refractivity contribution in [3.63, 3.8) is 0 Å². The Labute approximate surface area is 167 Å². The van der Waals surface area contributed by atoms with Crippen LogP contribution in [-0.4, -0.2) is 38.7 Å². The fourth-order valence-corrected chi connectivity index (χ4v) is 2.66. The van der Waals surface area contributed by atoms with E-state index in [1.54, 1.807) is 41.5 Å². The van der Waals surface area contributed by atoms with Gasteiger partial charge in [0.1, 0.15) is 22.9 Å². The number of ether oxygens (including phenoxy) is 2. The molecule has 0 aliphatic heterocycles. The van der Waals surface area contributed by atoms with Crippen LogP contribution in [0.3, 0.4) is 0 Å². The summed E-state index contributed by atoms with van der Waals surface area (Å²) < 4.78 is 13.5. The van der Waals surface area contributed by atoms with Gasteiger partial charge in [0.25, 0.3) is 0 Å². The SMILES string of the molecule is CC(C)(C)OC(=O)N[C@@H](Cc1cn2ccc(Br)cc2n1)C(=O)OC(C)(C)C. The van der Waals surface area contributed by atoms with E-state index in [0.29, 0.717) is 5.69 Å². The lowest BCUT2D eigenvalue weighted by Crippen LogP contribution is -2.47. The minimum atomic E-state index is -0.910. The number of carbonyl (C=O) groups is 2. The molecule has 0 unspecified atom stereocenters. The topological polar surface area (TPSA) is 81.9 Å². The quantitative estimate of drug-likeness (QED) is 0.730. The summed E-state index contributed by atoms with van der Waals surface area (Å²) in [6.07, 6.45) is 3.19. The lowest BCUT2D eigenvalue weighted by Gasteiger charge is -2.26. The van der Waals surface area contributed by atoms with Crippen LogP contribution in [0.25, 0.3) is 5.65 Å². The van der Waals surface area contributed by atoms with E-state index in [0.717, 1.165) is 10.1 Å². The summed E-state index contributed by atoms with van der Waals surface area (Å²) in [5.41, 5.74) is 0.0479. The van der Waals surface area contributed by atoms with Gasteiger partial charge in [0, 0.05) is 23.3 Å². The van der Waals surface area contributed by atoms with E-state index in [1.807, 2.05) is 28.9 Å². The molecule has 0 bridgehead atoms. The lowest BCUT2D eigenvalue weighted by atomic mass is 10.1. The summed E-state index contributed by atoms with van der Waals surface area (Å²) in [7, 11) is 0. The van der Waals surface area contributed by atoms with Crippen LogP contribution >= 0.6 is 15.9 Å². The molecule has 7 nitrogen and oxygen atoms in total. The number of imidazole rings is 1. The van der Waals surface area contributed by atoms with Crippen LogP contribution in [0.2, 0.25) is 0 Å². The first kappa shape index (κ1) is 21.2. The van der Waals surface area contributed by atoms with E-state index in [-0.39, 0.29) is 6.42 Å². The second kappa shape index (κ2) is 7.88. The normalized spacial score (nSPS) is 13.3. The van der Waals surface area contributed by atoms with Crippen molar-refractivity contribution in [2.24, 2.45) is 0 Å². The third-order valence-corrected chi connectivity index (χ3v) is 3.76. The van der Waals surface area contributed by atoms with Crippen molar-refractivity contribution in [3.05, 3.63) is 34.7 Å². The molecule has 1 N–H and O–H groups in total. The Balaban J connectivity index is 2.21. The second-order valence-corrected chi connectivity index (χ2v) is 9.19. The number of halogens is 1. The van der Waals surface area contributed by atoms with Crippen molar-refractivity contribution in [2.45, 2.75) is 65.2 Å². The molecule has 0 spiro atoms. The van der Waals surface area contributed by atoms with E-state index in [4.69, 9.17) is 9.47 Å². The van der Waals surface area contributed by atoms with E-state index >= 15 is 0 Å². The van der Waals surface area contributed by atoms with Gasteiger partial charge in [-0.15, -0.1) is 0 Å². The van der Waals surface area contributed by atoms with Crippen LogP contribution in [0.5, 0.6) is 0 Å². The van der Waals surface area contributed by atoms with Crippen LogP contribution in [0, 0.1) is 0 Å². The Kier molecular flexibility index (Phi) is 6.19. The maximum absolute atomic E-state index is 12.6. The number of amides is 1. The van der Waals surface area contributed by atoms with Crippen LogP contribution in [0.15, 0.2) is 29.0 Å². The maximum atomic E-state index is 12.6. The first-order valence-corrected chi connectivity index (χ1v) is 9.47. The van der Waals surface area contributed by atoms with E-state index in [2.05, 4.69) is 26.2 Å². The van der Waals surface area contributed by atoms with Crippen LogP contribution in [0.1, 0.15) is 47.2 Å². The van der Waals surface area contributed by atoms with Gasteiger partial charge in [0.05, 0.1) is 5.69 Å². The van der Waals surface area contributed by atoms with E-state index < -0.39 is 29.3 Å². The lowest BCUT2D eigenvalue weighted by molar-refractivity contribution is -0.157. The van der Waals surface area contributed by atoms with Crippen LogP contribution in [0.4, 0.5) is 4.79 Å². The highest BCUT2D eigenvalue weighted by Gasteiger charge is 2.29. The average Bonchev–Trinajstić information content (AvgIpc) is 2.84. The number of hydrogen-bond acceptors (Lipinski definition) is 5. The maximum Gasteiger partial charge on any atom is 0.408 e. The van der Waals surface area contributed by atoms with Gasteiger partial charge in [-0.1, -0.05) is 15.9 Å². The van der Waals surface area contributed by atoms with Crippen molar-refractivity contribution in [2.75, 3.05) is 0 Å². The van der Waals surface area contributed by atoms with Crippen molar-refractivity contribution in [1.29, 1.82) is 0 Å². The summed E-state index contributed by atoms with van der Waals surface area (Å²) in [6, 6.07) is 2.85. The monoisotopic (exact) mass is 439 g/mol. The highest BCUT2D eigenvalue weighted by Crippen LogP contribution is 2.16. The molecule has 0 aliphatic rings. The molecule has 27 heavy (non-hydrogen) atoms. The number of nitrogens with zero attached hydrogens (tertiary/aromatic N) is 2. The number of carbonyl (C=O) groups excluding carboxylic acids is 2. The number of aromatic nitrogens is 2. The molecule has 0 saturated carbocycles. The Hall–Kier alpha value is -2.09. The molecule has 0 aliphatic carbocycles. The Morgan fingerprint density at radius 3 is 2.41 bits per heavy atom. The molecule has 0 aromatic carbocycles. The molecular formula is C19H26BrN3O4. The van der Waals surface area contributed by atoms with Gasteiger partial charge in [-0.05, 0) is 53.7 Å². The van der Waals surface area contributed by atoms with Crippen molar-refractivity contribution >= 4 is 33.6 Å². The summed E-state index contributed by atoms with van der Waals surface area (Å²) in [4.78, 5) is 29.3. The number of rotatable bonds is 4. The predicted molar refractivity (Wildman–Crippen MR) is 106 cm³/mol. The van der Waals surface area contributed by atoms with Gasteiger partial charge >= 0.3 is 12.1 Å². The molecule has 2 aromatic rings. The Bertz CT molecular complexity index is 834. The third kappa shape index (κ3) is 6.86. The van der Waals surface area contributed by atoms with Crippen molar-refractivity contribution < 1.29 is 19.1 Å². The van der Waals surface area contributed by atoms with Gasteiger partial charge in [0.15, 0.2) is 0 Å². The zero-order valence-corrected chi connectivity index (χ0v) is 18.1.